The Balaban J connectivity index is 2.15. The summed E-state index contributed by atoms with van der Waals surface area (Å²) in [5.41, 5.74) is 3.95. The molecule has 1 aliphatic rings. The van der Waals surface area contributed by atoms with Crippen LogP contribution in [-0.4, -0.2) is 25.4 Å². The van der Waals surface area contributed by atoms with E-state index in [1.165, 1.54) is 17.5 Å². The van der Waals surface area contributed by atoms with Crippen molar-refractivity contribution in [1.29, 1.82) is 10.8 Å². The van der Waals surface area contributed by atoms with Crippen LogP contribution in [0, 0.1) is 17.7 Å². The summed E-state index contributed by atoms with van der Waals surface area (Å²) in [4.78, 5) is 0. The van der Waals surface area contributed by atoms with Gasteiger partial charge in [0, 0.05) is 12.5 Å². The summed E-state index contributed by atoms with van der Waals surface area (Å²) >= 11 is 0. The molecule has 0 unspecified atom stereocenters. The van der Waals surface area contributed by atoms with E-state index in [4.69, 9.17) is 10.8 Å². The van der Waals surface area contributed by atoms with E-state index >= 15 is 0 Å². The smallest absolute Gasteiger partial charge is 0.151 e. The molecule has 0 aliphatic heterocycles. The van der Waals surface area contributed by atoms with E-state index < -0.39 is 0 Å². The Hall–Kier alpha value is -2.24. The first-order valence-electron chi connectivity index (χ1n) is 7.30. The molecule has 0 saturated heterocycles. The van der Waals surface area contributed by atoms with Crippen molar-refractivity contribution < 1.29 is 0 Å². The van der Waals surface area contributed by atoms with Gasteiger partial charge in [0.15, 0.2) is 5.49 Å². The first-order valence-corrected chi connectivity index (χ1v) is 7.30. The lowest BCUT2D eigenvalue weighted by atomic mass is 10.2. The van der Waals surface area contributed by atoms with Gasteiger partial charge in [-0.05, 0) is 51.3 Å². The molecule has 2 aromatic rings. The van der Waals surface area contributed by atoms with Gasteiger partial charge in [-0.3, -0.25) is 15.5 Å². The van der Waals surface area contributed by atoms with Crippen molar-refractivity contribution in [2.24, 2.45) is 0 Å². The molecule has 110 valence electrons. The molecule has 0 atom stereocenters. The molecule has 1 saturated carbocycles. The lowest BCUT2D eigenvalue weighted by Gasteiger charge is -2.09. The van der Waals surface area contributed by atoms with E-state index in [1.807, 2.05) is 17.7 Å². The Bertz CT molecular complexity index is 763. The maximum Gasteiger partial charge on any atom is 0.151 e. The maximum atomic E-state index is 8.00. The topological polar surface area (TPSA) is 83.3 Å². The summed E-state index contributed by atoms with van der Waals surface area (Å²) in [5, 5.41) is 24.9. The number of nitrogens with one attached hydrogen (secondary N) is 2. The van der Waals surface area contributed by atoms with E-state index in [9.17, 15) is 0 Å². The van der Waals surface area contributed by atoms with E-state index in [2.05, 4.69) is 23.2 Å². The molecule has 3 rings (SSSR count). The number of nitrogens with zero attached hydrogens (tertiary/aromatic N) is 4. The highest BCUT2D eigenvalue weighted by Gasteiger charge is 2.27. The summed E-state index contributed by atoms with van der Waals surface area (Å²) in [6, 6.07) is 4.01. The van der Waals surface area contributed by atoms with E-state index in [-0.39, 0.29) is 11.3 Å². The Labute approximate surface area is 123 Å². The van der Waals surface area contributed by atoms with Crippen LogP contribution in [0.1, 0.15) is 43.9 Å². The second-order valence-electron chi connectivity index (χ2n) is 5.60. The fraction of sp³-hybridized carbons (Fsp3) is 0.467. The van der Waals surface area contributed by atoms with Gasteiger partial charge in [0.25, 0.3) is 0 Å². The fourth-order valence-electron chi connectivity index (χ4n) is 2.46. The molecule has 21 heavy (non-hydrogen) atoms. The Morgan fingerprint density at radius 1 is 1.33 bits per heavy atom. The molecule has 0 radical (unpaired) electrons. The van der Waals surface area contributed by atoms with Crippen LogP contribution in [-0.2, 0) is 6.54 Å². The molecule has 1 fully saturated rings. The molecular weight excluding hydrogens is 264 g/mol. The van der Waals surface area contributed by atoms with Crippen molar-refractivity contribution in [2.75, 3.05) is 0 Å². The first-order chi connectivity index (χ1) is 10.0. The SMILES string of the molecule is CCn1nc(C2CC2)cc1-c1cc(C)c(=N)n(C(C)=N)n1. The third-order valence-corrected chi connectivity index (χ3v) is 3.82. The van der Waals surface area contributed by atoms with Gasteiger partial charge < -0.3 is 0 Å². The van der Waals surface area contributed by atoms with Crippen LogP contribution in [0.4, 0.5) is 0 Å². The fourth-order valence-corrected chi connectivity index (χ4v) is 2.46. The van der Waals surface area contributed by atoms with Crippen LogP contribution in [0.2, 0.25) is 0 Å². The quantitative estimate of drug-likeness (QED) is 0.669. The molecule has 6 nitrogen and oxygen atoms in total. The molecule has 2 heterocycles. The average Bonchev–Trinajstić information content (AvgIpc) is 3.21. The average molecular weight is 284 g/mol. The van der Waals surface area contributed by atoms with E-state index in [1.54, 1.807) is 6.92 Å². The molecule has 1 aliphatic carbocycles. The van der Waals surface area contributed by atoms with Gasteiger partial charge in [-0.1, -0.05) is 0 Å². The third-order valence-electron chi connectivity index (χ3n) is 3.82. The van der Waals surface area contributed by atoms with Crippen molar-refractivity contribution in [3.05, 3.63) is 28.9 Å². The molecule has 0 bridgehead atoms. The van der Waals surface area contributed by atoms with Gasteiger partial charge in [0.05, 0.1) is 11.4 Å². The van der Waals surface area contributed by atoms with Crippen LogP contribution >= 0.6 is 0 Å². The highest BCUT2D eigenvalue weighted by Crippen LogP contribution is 2.40. The van der Waals surface area contributed by atoms with Crippen LogP contribution in [0.25, 0.3) is 11.4 Å². The minimum atomic E-state index is 0.245. The Morgan fingerprint density at radius 2 is 2.05 bits per heavy atom. The molecule has 0 aromatic carbocycles. The normalized spacial score (nSPS) is 14.4. The van der Waals surface area contributed by atoms with Gasteiger partial charge in [-0.25, -0.2) is 4.68 Å². The molecule has 2 N–H and O–H groups in total. The lowest BCUT2D eigenvalue weighted by Crippen LogP contribution is -2.29. The van der Waals surface area contributed by atoms with Crippen molar-refractivity contribution in [3.63, 3.8) is 0 Å². The van der Waals surface area contributed by atoms with Crippen molar-refractivity contribution in [3.8, 4) is 11.4 Å². The molecule has 0 amide bonds. The summed E-state index contributed by atoms with van der Waals surface area (Å²) in [7, 11) is 0. The van der Waals surface area contributed by atoms with E-state index in [0.717, 1.165) is 29.2 Å². The zero-order valence-electron chi connectivity index (χ0n) is 12.6. The molecule has 0 spiro atoms. The van der Waals surface area contributed by atoms with Crippen LogP contribution in [0.3, 0.4) is 0 Å². The lowest BCUT2D eigenvalue weighted by molar-refractivity contribution is 0.649. The zero-order chi connectivity index (χ0) is 15.1. The summed E-state index contributed by atoms with van der Waals surface area (Å²) in [6.07, 6.45) is 2.44. The predicted molar refractivity (Wildman–Crippen MR) is 80.5 cm³/mol. The number of aromatic nitrogens is 4. The monoisotopic (exact) mass is 284 g/mol. The largest absolute Gasteiger partial charge is 0.287 e. The zero-order valence-corrected chi connectivity index (χ0v) is 12.6. The Kier molecular flexibility index (Phi) is 3.23. The highest BCUT2D eigenvalue weighted by molar-refractivity contribution is 5.78. The second kappa shape index (κ2) is 4.95. The Morgan fingerprint density at radius 3 is 2.62 bits per heavy atom. The summed E-state index contributed by atoms with van der Waals surface area (Å²) in [5.74, 6) is 0.847. The standard InChI is InChI=1S/C15H20N6/c1-4-20-14(8-12(18-20)11-5-6-11)13-7-9(2)15(17)21(19-13)10(3)16/h7-8,11,16-17H,4-6H2,1-3H3. The van der Waals surface area contributed by atoms with Gasteiger partial charge in [-0.15, -0.1) is 0 Å². The summed E-state index contributed by atoms with van der Waals surface area (Å²) < 4.78 is 3.33. The van der Waals surface area contributed by atoms with Gasteiger partial charge in [0.1, 0.15) is 11.5 Å². The number of aryl methyl sites for hydroxylation is 2. The minimum Gasteiger partial charge on any atom is -0.287 e. The minimum absolute atomic E-state index is 0.245. The first kappa shape index (κ1) is 13.7. The highest BCUT2D eigenvalue weighted by atomic mass is 15.3. The summed E-state index contributed by atoms with van der Waals surface area (Å²) in [6.45, 7) is 6.37. The number of rotatable bonds is 3. The molecular formula is C15H20N6. The van der Waals surface area contributed by atoms with Gasteiger partial charge in [0.2, 0.25) is 0 Å². The van der Waals surface area contributed by atoms with Crippen LogP contribution < -0.4 is 5.49 Å². The van der Waals surface area contributed by atoms with Crippen molar-refractivity contribution >= 4 is 5.84 Å². The molecule has 2 aromatic heterocycles. The molecule has 6 heteroatoms. The van der Waals surface area contributed by atoms with Gasteiger partial charge >= 0.3 is 0 Å². The number of hydrogen-bond donors (Lipinski definition) is 2. The predicted octanol–water partition coefficient (Wildman–Crippen LogP) is 2.28. The van der Waals surface area contributed by atoms with E-state index in [0.29, 0.717) is 5.92 Å². The van der Waals surface area contributed by atoms with Crippen LogP contribution in [0.5, 0.6) is 0 Å². The third kappa shape index (κ3) is 2.41. The second-order valence-corrected chi connectivity index (χ2v) is 5.60. The van der Waals surface area contributed by atoms with Crippen molar-refractivity contribution in [2.45, 2.75) is 46.1 Å². The van der Waals surface area contributed by atoms with Gasteiger partial charge in [-0.2, -0.15) is 10.2 Å². The maximum absolute atomic E-state index is 8.00. The van der Waals surface area contributed by atoms with Crippen molar-refractivity contribution in [1.82, 2.24) is 19.6 Å². The number of hydrogen-bond acceptors (Lipinski definition) is 4. The van der Waals surface area contributed by atoms with Crippen LogP contribution in [0.15, 0.2) is 12.1 Å².